The van der Waals surface area contributed by atoms with Crippen LogP contribution >= 0.6 is 39.1 Å². The summed E-state index contributed by atoms with van der Waals surface area (Å²) in [7, 11) is 0. The third-order valence-corrected chi connectivity index (χ3v) is 4.11. The van der Waals surface area contributed by atoms with Gasteiger partial charge in [0.05, 0.1) is 4.47 Å². The Hall–Kier alpha value is -1.10. The Kier molecular flexibility index (Phi) is 5.62. The molecule has 0 heterocycles. The lowest BCUT2D eigenvalue weighted by molar-refractivity contribution is 0.0953. The molecule has 2 nitrogen and oxygen atoms in total. The molecule has 0 bridgehead atoms. The molecule has 0 aliphatic heterocycles. The second kappa shape index (κ2) is 7.25. The van der Waals surface area contributed by atoms with Crippen molar-refractivity contribution in [3.8, 4) is 0 Å². The molecule has 2 rings (SSSR count). The fourth-order valence-electron chi connectivity index (χ4n) is 1.77. The maximum atomic E-state index is 13.4. The van der Waals surface area contributed by atoms with Crippen molar-refractivity contribution in [1.82, 2.24) is 5.32 Å². The first-order chi connectivity index (χ1) is 9.97. The number of hydrogen-bond acceptors (Lipinski definition) is 1. The molecule has 0 radical (unpaired) electrons. The molecule has 0 aliphatic carbocycles. The number of halogens is 4. The highest BCUT2D eigenvalue weighted by molar-refractivity contribution is 9.10. The first-order valence-electron chi connectivity index (χ1n) is 6.14. The van der Waals surface area contributed by atoms with Crippen molar-refractivity contribution in [2.75, 3.05) is 6.54 Å². The van der Waals surface area contributed by atoms with Gasteiger partial charge in [0.25, 0.3) is 5.91 Å². The molecule has 0 unspecified atom stereocenters. The minimum Gasteiger partial charge on any atom is -0.352 e. The van der Waals surface area contributed by atoms with Crippen LogP contribution in [0.15, 0.2) is 40.9 Å². The monoisotopic (exact) mass is 389 g/mol. The third-order valence-electron chi connectivity index (χ3n) is 2.88. The van der Waals surface area contributed by atoms with Crippen LogP contribution in [0, 0.1) is 5.82 Å². The Bertz CT molecular complexity index is 679. The molecule has 0 aliphatic rings. The Labute approximate surface area is 140 Å². The summed E-state index contributed by atoms with van der Waals surface area (Å²) in [5.74, 6) is -0.796. The average molecular weight is 391 g/mol. The van der Waals surface area contributed by atoms with Gasteiger partial charge in [-0.1, -0.05) is 29.3 Å². The summed E-state index contributed by atoms with van der Waals surface area (Å²) in [6.07, 6.45) is 0.570. The van der Waals surface area contributed by atoms with Gasteiger partial charge in [0.2, 0.25) is 0 Å². The van der Waals surface area contributed by atoms with E-state index in [-0.39, 0.29) is 11.5 Å². The largest absolute Gasteiger partial charge is 0.352 e. The van der Waals surface area contributed by atoms with E-state index in [0.29, 0.717) is 27.5 Å². The van der Waals surface area contributed by atoms with Gasteiger partial charge in [-0.3, -0.25) is 4.79 Å². The number of carbonyl (C=O) groups excluding carboxylic acids is 1. The maximum absolute atomic E-state index is 13.4. The molecule has 0 fully saturated rings. The lowest BCUT2D eigenvalue weighted by Gasteiger charge is -2.07. The van der Waals surface area contributed by atoms with Gasteiger partial charge in [-0.25, -0.2) is 4.39 Å². The van der Waals surface area contributed by atoms with E-state index >= 15 is 0 Å². The van der Waals surface area contributed by atoms with Gasteiger partial charge < -0.3 is 5.32 Å². The van der Waals surface area contributed by atoms with Gasteiger partial charge in [0.15, 0.2) is 0 Å². The molecule has 21 heavy (non-hydrogen) atoms. The van der Waals surface area contributed by atoms with E-state index in [1.165, 1.54) is 12.1 Å². The summed E-state index contributed by atoms with van der Waals surface area (Å²) in [4.78, 5) is 11.9. The van der Waals surface area contributed by atoms with Gasteiger partial charge in [-0.2, -0.15) is 0 Å². The Morgan fingerprint density at radius 1 is 1.19 bits per heavy atom. The number of benzene rings is 2. The summed E-state index contributed by atoms with van der Waals surface area (Å²) in [5.41, 5.74) is 1.17. The fraction of sp³-hybridized carbons (Fsp3) is 0.133. The van der Waals surface area contributed by atoms with E-state index in [1.807, 2.05) is 6.07 Å². The number of hydrogen-bond donors (Lipinski definition) is 1. The zero-order valence-corrected chi connectivity index (χ0v) is 13.9. The highest BCUT2D eigenvalue weighted by Crippen LogP contribution is 2.21. The Morgan fingerprint density at radius 2 is 1.95 bits per heavy atom. The van der Waals surface area contributed by atoms with Crippen molar-refractivity contribution in [2.24, 2.45) is 0 Å². The molecule has 2 aromatic carbocycles. The average Bonchev–Trinajstić information content (AvgIpc) is 2.44. The van der Waals surface area contributed by atoms with Crippen LogP contribution in [0.1, 0.15) is 15.9 Å². The van der Waals surface area contributed by atoms with Crippen LogP contribution in [0.3, 0.4) is 0 Å². The SMILES string of the molecule is O=C(NCCc1ccc(Cl)cc1Cl)c1ccc(Br)c(F)c1. The molecular formula is C15H11BrCl2FNO. The smallest absolute Gasteiger partial charge is 0.251 e. The van der Waals surface area contributed by atoms with E-state index in [1.54, 1.807) is 18.2 Å². The van der Waals surface area contributed by atoms with Crippen molar-refractivity contribution in [2.45, 2.75) is 6.42 Å². The first-order valence-corrected chi connectivity index (χ1v) is 7.69. The number of nitrogens with one attached hydrogen (secondary N) is 1. The fourth-order valence-corrected chi connectivity index (χ4v) is 2.52. The van der Waals surface area contributed by atoms with Crippen LogP contribution in [-0.2, 0) is 6.42 Å². The van der Waals surface area contributed by atoms with Crippen molar-refractivity contribution in [3.05, 3.63) is 67.9 Å². The molecule has 110 valence electrons. The second-order valence-electron chi connectivity index (χ2n) is 4.37. The molecule has 0 atom stereocenters. The van der Waals surface area contributed by atoms with E-state index < -0.39 is 5.82 Å². The highest BCUT2D eigenvalue weighted by Gasteiger charge is 2.09. The van der Waals surface area contributed by atoms with Crippen LogP contribution in [-0.4, -0.2) is 12.5 Å². The van der Waals surface area contributed by atoms with Crippen molar-refractivity contribution >= 4 is 45.0 Å². The molecule has 0 aromatic heterocycles. The van der Waals surface area contributed by atoms with Crippen LogP contribution in [0.4, 0.5) is 4.39 Å². The summed E-state index contributed by atoms with van der Waals surface area (Å²) >= 11 is 14.9. The molecule has 1 amide bonds. The molecule has 1 N–H and O–H groups in total. The molecule has 0 saturated carbocycles. The van der Waals surface area contributed by atoms with E-state index in [4.69, 9.17) is 23.2 Å². The van der Waals surface area contributed by atoms with E-state index in [9.17, 15) is 9.18 Å². The van der Waals surface area contributed by atoms with Gasteiger partial charge >= 0.3 is 0 Å². The zero-order chi connectivity index (χ0) is 15.4. The predicted molar refractivity (Wildman–Crippen MR) is 86.6 cm³/mol. The van der Waals surface area contributed by atoms with Crippen molar-refractivity contribution in [1.29, 1.82) is 0 Å². The number of rotatable bonds is 4. The van der Waals surface area contributed by atoms with Crippen LogP contribution in [0.25, 0.3) is 0 Å². The molecule has 6 heteroatoms. The Balaban J connectivity index is 1.93. The van der Waals surface area contributed by atoms with Gasteiger partial charge in [0, 0.05) is 22.2 Å². The van der Waals surface area contributed by atoms with Crippen molar-refractivity contribution < 1.29 is 9.18 Å². The predicted octanol–water partition coefficient (Wildman–Crippen LogP) is 4.87. The molecule has 2 aromatic rings. The lowest BCUT2D eigenvalue weighted by atomic mass is 10.1. The summed E-state index contributed by atoms with van der Waals surface area (Å²) in [6.45, 7) is 0.401. The van der Waals surface area contributed by atoms with Gasteiger partial charge in [-0.15, -0.1) is 0 Å². The second-order valence-corrected chi connectivity index (χ2v) is 6.07. The highest BCUT2D eigenvalue weighted by atomic mass is 79.9. The lowest BCUT2D eigenvalue weighted by Crippen LogP contribution is -2.25. The maximum Gasteiger partial charge on any atom is 0.251 e. The normalized spacial score (nSPS) is 10.5. The minimum atomic E-state index is -0.469. The molecule has 0 saturated heterocycles. The van der Waals surface area contributed by atoms with Gasteiger partial charge in [-0.05, 0) is 58.2 Å². The topological polar surface area (TPSA) is 29.1 Å². The summed E-state index contributed by atoms with van der Waals surface area (Å²) in [6, 6.07) is 9.46. The molecule has 0 spiro atoms. The minimum absolute atomic E-state index is 0.276. The quantitative estimate of drug-likeness (QED) is 0.792. The van der Waals surface area contributed by atoms with E-state index in [0.717, 1.165) is 5.56 Å². The number of amides is 1. The summed E-state index contributed by atoms with van der Waals surface area (Å²) < 4.78 is 13.7. The van der Waals surface area contributed by atoms with E-state index in [2.05, 4.69) is 21.2 Å². The standard InChI is InChI=1S/C15H11BrCl2FNO/c16-12-4-2-10(7-14(12)19)15(21)20-6-5-9-1-3-11(17)8-13(9)18/h1-4,7-8H,5-6H2,(H,20,21). The summed E-state index contributed by atoms with van der Waals surface area (Å²) in [5, 5.41) is 3.85. The zero-order valence-electron chi connectivity index (χ0n) is 10.8. The van der Waals surface area contributed by atoms with Gasteiger partial charge in [0.1, 0.15) is 5.82 Å². The van der Waals surface area contributed by atoms with Crippen LogP contribution in [0.5, 0.6) is 0 Å². The molecular weight excluding hydrogens is 380 g/mol. The van der Waals surface area contributed by atoms with Crippen molar-refractivity contribution in [3.63, 3.8) is 0 Å². The van der Waals surface area contributed by atoms with Crippen LogP contribution in [0.2, 0.25) is 10.0 Å². The third kappa shape index (κ3) is 4.43. The number of carbonyl (C=O) groups is 1. The first kappa shape index (κ1) is 16.3. The van der Waals surface area contributed by atoms with Crippen LogP contribution < -0.4 is 5.32 Å². The Morgan fingerprint density at radius 3 is 2.62 bits per heavy atom.